The normalized spacial score (nSPS) is 14.3. The number of carbonyl (C=O) groups is 1. The number of aliphatic hydroxyl groups is 1. The van der Waals surface area contributed by atoms with Crippen LogP contribution in [0.25, 0.3) is 0 Å². The average molecular weight is 275 g/mol. The lowest BCUT2D eigenvalue weighted by atomic mass is 10.3. The molecule has 0 atom stereocenters. The Kier molecular flexibility index (Phi) is 5.35. The van der Waals surface area contributed by atoms with Crippen LogP contribution >= 0.6 is 0 Å². The van der Waals surface area contributed by atoms with Gasteiger partial charge in [0.2, 0.25) is 0 Å². The molecule has 0 unspecified atom stereocenters. The van der Waals surface area contributed by atoms with Crippen LogP contribution < -0.4 is 5.32 Å². The zero-order chi connectivity index (χ0) is 14.2. The number of nitrogens with one attached hydrogen (secondary N) is 1. The lowest BCUT2D eigenvalue weighted by Gasteiger charge is -2.26. The first-order valence-electron chi connectivity index (χ1n) is 6.50. The van der Waals surface area contributed by atoms with Crippen molar-refractivity contribution in [1.82, 2.24) is 9.88 Å². The maximum absolute atomic E-state index is 12.0. The standard InChI is InChI=1S/C14H17N3O3/c18-9-2-1-4-12-5-3-6-13(15-12)16-14(19)17-7-10-20-11-8-17/h3,5-6,18H,2,7-11H2,(H,15,16,19). The molecule has 0 radical (unpaired) electrons. The van der Waals surface area contributed by atoms with Crippen LogP contribution in [0, 0.1) is 11.8 Å². The van der Waals surface area contributed by atoms with Crippen molar-refractivity contribution >= 4 is 11.8 Å². The van der Waals surface area contributed by atoms with Gasteiger partial charge in [-0.3, -0.25) is 5.32 Å². The zero-order valence-electron chi connectivity index (χ0n) is 11.1. The molecular formula is C14H17N3O3. The van der Waals surface area contributed by atoms with Gasteiger partial charge in [0.25, 0.3) is 0 Å². The Morgan fingerprint density at radius 3 is 3.00 bits per heavy atom. The van der Waals surface area contributed by atoms with E-state index in [1.54, 1.807) is 23.1 Å². The fraction of sp³-hybridized carbons (Fsp3) is 0.429. The summed E-state index contributed by atoms with van der Waals surface area (Å²) in [7, 11) is 0. The van der Waals surface area contributed by atoms with Gasteiger partial charge >= 0.3 is 6.03 Å². The predicted molar refractivity (Wildman–Crippen MR) is 74.2 cm³/mol. The molecule has 2 N–H and O–H groups in total. The summed E-state index contributed by atoms with van der Waals surface area (Å²) in [4.78, 5) is 17.9. The highest BCUT2D eigenvalue weighted by atomic mass is 16.5. The van der Waals surface area contributed by atoms with Crippen molar-refractivity contribution in [3.05, 3.63) is 23.9 Å². The summed E-state index contributed by atoms with van der Waals surface area (Å²) in [6, 6.07) is 5.08. The summed E-state index contributed by atoms with van der Waals surface area (Å²) in [6.45, 7) is 2.32. The van der Waals surface area contributed by atoms with Gasteiger partial charge in [0.15, 0.2) is 0 Å². The van der Waals surface area contributed by atoms with E-state index in [0.29, 0.717) is 44.2 Å². The van der Waals surface area contributed by atoms with Crippen molar-refractivity contribution < 1.29 is 14.6 Å². The van der Waals surface area contributed by atoms with Crippen LogP contribution in [0.5, 0.6) is 0 Å². The number of nitrogens with zero attached hydrogens (tertiary/aromatic N) is 2. The molecule has 0 aromatic carbocycles. The number of hydrogen-bond acceptors (Lipinski definition) is 4. The maximum atomic E-state index is 12.0. The maximum Gasteiger partial charge on any atom is 0.323 e. The number of amides is 2. The molecule has 0 bridgehead atoms. The number of rotatable bonds is 2. The van der Waals surface area contributed by atoms with Gasteiger partial charge < -0.3 is 14.7 Å². The first kappa shape index (κ1) is 14.3. The summed E-state index contributed by atoms with van der Waals surface area (Å²) >= 11 is 0. The summed E-state index contributed by atoms with van der Waals surface area (Å²) < 4.78 is 5.20. The third-order valence-corrected chi connectivity index (χ3v) is 2.74. The molecule has 2 heterocycles. The smallest absolute Gasteiger partial charge is 0.323 e. The molecule has 1 fully saturated rings. The van der Waals surface area contributed by atoms with Crippen LogP contribution in [0.15, 0.2) is 18.2 Å². The molecule has 106 valence electrons. The van der Waals surface area contributed by atoms with Crippen LogP contribution in [-0.2, 0) is 4.74 Å². The van der Waals surface area contributed by atoms with E-state index in [-0.39, 0.29) is 12.6 Å². The van der Waals surface area contributed by atoms with Crippen molar-refractivity contribution in [2.45, 2.75) is 6.42 Å². The fourth-order valence-corrected chi connectivity index (χ4v) is 1.74. The lowest BCUT2D eigenvalue weighted by Crippen LogP contribution is -2.43. The Bertz CT molecular complexity index is 516. The second-order valence-corrected chi connectivity index (χ2v) is 4.21. The van der Waals surface area contributed by atoms with Crippen molar-refractivity contribution in [3.8, 4) is 11.8 Å². The molecule has 6 nitrogen and oxygen atoms in total. The molecule has 2 rings (SSSR count). The molecule has 1 saturated heterocycles. The van der Waals surface area contributed by atoms with Crippen molar-refractivity contribution in [1.29, 1.82) is 0 Å². The first-order chi connectivity index (χ1) is 9.79. The monoisotopic (exact) mass is 275 g/mol. The quantitative estimate of drug-likeness (QED) is 0.778. The second kappa shape index (κ2) is 7.48. The van der Waals surface area contributed by atoms with Crippen LogP contribution in [0.2, 0.25) is 0 Å². The van der Waals surface area contributed by atoms with E-state index >= 15 is 0 Å². The molecule has 20 heavy (non-hydrogen) atoms. The van der Waals surface area contributed by atoms with Gasteiger partial charge in [0.1, 0.15) is 11.5 Å². The first-order valence-corrected chi connectivity index (χ1v) is 6.50. The van der Waals surface area contributed by atoms with E-state index in [0.717, 1.165) is 0 Å². The van der Waals surface area contributed by atoms with Crippen LogP contribution in [0.3, 0.4) is 0 Å². The summed E-state index contributed by atoms with van der Waals surface area (Å²) in [6.07, 6.45) is 0.409. The third kappa shape index (κ3) is 4.23. The summed E-state index contributed by atoms with van der Waals surface area (Å²) in [5.74, 6) is 6.10. The molecule has 0 aliphatic carbocycles. The highest BCUT2D eigenvalue weighted by molar-refractivity contribution is 5.88. The molecule has 0 spiro atoms. The van der Waals surface area contributed by atoms with E-state index in [2.05, 4.69) is 22.1 Å². The van der Waals surface area contributed by atoms with E-state index in [4.69, 9.17) is 9.84 Å². The van der Waals surface area contributed by atoms with E-state index in [1.165, 1.54) is 0 Å². The van der Waals surface area contributed by atoms with Gasteiger partial charge in [-0.1, -0.05) is 12.0 Å². The molecule has 1 aromatic heterocycles. The minimum atomic E-state index is -0.179. The molecule has 2 amide bonds. The van der Waals surface area contributed by atoms with E-state index in [9.17, 15) is 4.79 Å². The highest BCUT2D eigenvalue weighted by Crippen LogP contribution is 2.07. The number of ether oxygens (including phenoxy) is 1. The number of urea groups is 1. The lowest BCUT2D eigenvalue weighted by molar-refractivity contribution is 0.0564. The Morgan fingerprint density at radius 1 is 1.45 bits per heavy atom. The largest absolute Gasteiger partial charge is 0.395 e. The van der Waals surface area contributed by atoms with Gasteiger partial charge in [0, 0.05) is 19.5 Å². The minimum absolute atomic E-state index is 0.0282. The SMILES string of the molecule is O=C(Nc1cccc(C#CCCO)n1)N1CCOCC1. The molecule has 1 aromatic rings. The van der Waals surface area contributed by atoms with Gasteiger partial charge in [-0.15, -0.1) is 0 Å². The summed E-state index contributed by atoms with van der Waals surface area (Å²) in [5.41, 5.74) is 0.568. The molecule has 1 aliphatic heterocycles. The van der Waals surface area contributed by atoms with Gasteiger partial charge in [-0.05, 0) is 18.1 Å². The number of aliphatic hydroxyl groups excluding tert-OH is 1. The van der Waals surface area contributed by atoms with Crippen molar-refractivity contribution in [2.75, 3.05) is 38.2 Å². The Balaban J connectivity index is 1.97. The molecule has 0 saturated carbocycles. The predicted octanol–water partition coefficient (Wildman–Crippen LogP) is 0.680. The third-order valence-electron chi connectivity index (χ3n) is 2.74. The second-order valence-electron chi connectivity index (χ2n) is 4.21. The fourth-order valence-electron chi connectivity index (χ4n) is 1.74. The number of carbonyl (C=O) groups excluding carboxylic acids is 1. The Labute approximate surface area is 117 Å². The zero-order valence-corrected chi connectivity index (χ0v) is 11.1. The molecule has 1 aliphatic rings. The van der Waals surface area contributed by atoms with Crippen LogP contribution in [0.1, 0.15) is 12.1 Å². The number of anilines is 1. The number of aromatic nitrogens is 1. The highest BCUT2D eigenvalue weighted by Gasteiger charge is 2.16. The van der Waals surface area contributed by atoms with E-state index < -0.39 is 0 Å². The Morgan fingerprint density at radius 2 is 2.25 bits per heavy atom. The Hall–Kier alpha value is -2.10. The minimum Gasteiger partial charge on any atom is -0.395 e. The molecule has 6 heteroatoms. The topological polar surface area (TPSA) is 74.7 Å². The van der Waals surface area contributed by atoms with Crippen LogP contribution in [-0.4, -0.2) is 53.9 Å². The number of hydrogen-bond donors (Lipinski definition) is 2. The van der Waals surface area contributed by atoms with E-state index in [1.807, 2.05) is 0 Å². The van der Waals surface area contributed by atoms with Crippen molar-refractivity contribution in [3.63, 3.8) is 0 Å². The number of morpholine rings is 1. The number of pyridine rings is 1. The van der Waals surface area contributed by atoms with Gasteiger partial charge in [-0.25, -0.2) is 9.78 Å². The van der Waals surface area contributed by atoms with Gasteiger partial charge in [-0.2, -0.15) is 0 Å². The summed E-state index contributed by atoms with van der Waals surface area (Å²) in [5, 5.41) is 11.4. The average Bonchev–Trinajstić information content (AvgIpc) is 2.49. The van der Waals surface area contributed by atoms with Crippen LogP contribution in [0.4, 0.5) is 10.6 Å². The molecular weight excluding hydrogens is 258 g/mol. The van der Waals surface area contributed by atoms with Crippen molar-refractivity contribution in [2.24, 2.45) is 0 Å². The van der Waals surface area contributed by atoms with Gasteiger partial charge in [0.05, 0.1) is 19.8 Å².